The second kappa shape index (κ2) is 8.11. The third kappa shape index (κ3) is 4.68. The minimum absolute atomic E-state index is 0.0901. The standard InChI is InChI=1S/C12H16ClFN2O4/c13-10(8-15(3-5-17)4-6-18)9-1-2-11(14)12(7-9)16(19)20/h1-2,7,10,17-18H,3-6,8H2. The van der Waals surface area contributed by atoms with Crippen LogP contribution >= 0.6 is 11.6 Å². The van der Waals surface area contributed by atoms with Crippen LogP contribution in [0.2, 0.25) is 0 Å². The minimum atomic E-state index is -0.912. The van der Waals surface area contributed by atoms with E-state index in [0.29, 0.717) is 18.7 Å². The van der Waals surface area contributed by atoms with Gasteiger partial charge in [0.2, 0.25) is 5.82 Å². The summed E-state index contributed by atoms with van der Waals surface area (Å²) in [5.41, 5.74) is -0.204. The Morgan fingerprint density at radius 1 is 1.35 bits per heavy atom. The Bertz CT molecular complexity index is 455. The first-order chi connectivity index (χ1) is 9.49. The molecule has 0 aromatic heterocycles. The van der Waals surface area contributed by atoms with Crippen molar-refractivity contribution in [3.8, 4) is 0 Å². The molecule has 20 heavy (non-hydrogen) atoms. The van der Waals surface area contributed by atoms with Crippen LogP contribution in [0.4, 0.5) is 10.1 Å². The van der Waals surface area contributed by atoms with E-state index < -0.39 is 21.8 Å². The van der Waals surface area contributed by atoms with E-state index in [1.807, 2.05) is 0 Å². The molecule has 1 rings (SSSR count). The number of hydrogen-bond acceptors (Lipinski definition) is 5. The van der Waals surface area contributed by atoms with E-state index >= 15 is 0 Å². The molecular formula is C12H16ClFN2O4. The topological polar surface area (TPSA) is 86.8 Å². The van der Waals surface area contributed by atoms with Gasteiger partial charge >= 0.3 is 5.69 Å². The van der Waals surface area contributed by atoms with Crippen LogP contribution in [0.1, 0.15) is 10.9 Å². The van der Waals surface area contributed by atoms with Crippen LogP contribution < -0.4 is 0 Å². The third-order valence-corrected chi connectivity index (χ3v) is 3.17. The van der Waals surface area contributed by atoms with Gasteiger partial charge in [-0.05, 0) is 11.6 Å². The lowest BCUT2D eigenvalue weighted by Gasteiger charge is -2.23. The maximum absolute atomic E-state index is 13.2. The molecule has 0 radical (unpaired) electrons. The molecule has 1 aromatic carbocycles. The van der Waals surface area contributed by atoms with Crippen LogP contribution in [0, 0.1) is 15.9 Å². The quantitative estimate of drug-likeness (QED) is 0.429. The largest absolute Gasteiger partial charge is 0.395 e. The molecule has 0 spiro atoms. The van der Waals surface area contributed by atoms with Crippen molar-refractivity contribution in [1.29, 1.82) is 0 Å². The predicted molar refractivity (Wildman–Crippen MR) is 72.3 cm³/mol. The summed E-state index contributed by atoms with van der Waals surface area (Å²) in [5, 5.41) is 27.9. The van der Waals surface area contributed by atoms with Gasteiger partial charge in [0.25, 0.3) is 0 Å². The molecule has 0 aliphatic carbocycles. The fraction of sp³-hybridized carbons (Fsp3) is 0.500. The average Bonchev–Trinajstić information content (AvgIpc) is 2.39. The Hall–Kier alpha value is -1.28. The van der Waals surface area contributed by atoms with Gasteiger partial charge < -0.3 is 10.2 Å². The zero-order valence-electron chi connectivity index (χ0n) is 10.7. The SMILES string of the molecule is O=[N+]([O-])c1cc(C(Cl)CN(CCO)CCO)ccc1F. The summed E-state index contributed by atoms with van der Waals surface area (Å²) in [5.74, 6) is -0.912. The van der Waals surface area contributed by atoms with E-state index in [4.69, 9.17) is 21.8 Å². The molecule has 0 fully saturated rings. The molecule has 0 saturated heterocycles. The fourth-order valence-corrected chi connectivity index (χ4v) is 2.10. The average molecular weight is 307 g/mol. The molecule has 1 atom stereocenters. The second-order valence-electron chi connectivity index (χ2n) is 4.18. The number of rotatable bonds is 8. The number of benzene rings is 1. The lowest BCUT2D eigenvalue weighted by Crippen LogP contribution is -2.32. The van der Waals surface area contributed by atoms with Gasteiger partial charge in [-0.25, -0.2) is 0 Å². The third-order valence-electron chi connectivity index (χ3n) is 2.78. The number of alkyl halides is 1. The molecule has 1 aromatic rings. The maximum Gasteiger partial charge on any atom is 0.305 e. The van der Waals surface area contributed by atoms with Crippen LogP contribution in [0.5, 0.6) is 0 Å². The highest BCUT2D eigenvalue weighted by molar-refractivity contribution is 6.21. The fourth-order valence-electron chi connectivity index (χ4n) is 1.77. The summed E-state index contributed by atoms with van der Waals surface area (Å²) in [7, 11) is 0. The summed E-state index contributed by atoms with van der Waals surface area (Å²) < 4.78 is 13.2. The van der Waals surface area contributed by atoms with Crippen LogP contribution in [-0.4, -0.2) is 52.9 Å². The molecule has 0 aliphatic heterocycles. The Labute approximate surface area is 120 Å². The number of hydrogen-bond donors (Lipinski definition) is 2. The van der Waals surface area contributed by atoms with Crippen molar-refractivity contribution in [1.82, 2.24) is 4.90 Å². The van der Waals surface area contributed by atoms with Crippen LogP contribution in [0.25, 0.3) is 0 Å². The number of nitro benzene ring substituents is 1. The Morgan fingerprint density at radius 2 is 1.95 bits per heavy atom. The van der Waals surface area contributed by atoms with Gasteiger partial charge in [-0.2, -0.15) is 4.39 Å². The first-order valence-electron chi connectivity index (χ1n) is 6.01. The van der Waals surface area contributed by atoms with Crippen molar-refractivity contribution >= 4 is 17.3 Å². The van der Waals surface area contributed by atoms with E-state index in [-0.39, 0.29) is 19.8 Å². The van der Waals surface area contributed by atoms with Gasteiger partial charge in [0.05, 0.1) is 23.5 Å². The van der Waals surface area contributed by atoms with Crippen molar-refractivity contribution in [3.05, 3.63) is 39.7 Å². The van der Waals surface area contributed by atoms with Crippen molar-refractivity contribution in [2.24, 2.45) is 0 Å². The van der Waals surface area contributed by atoms with Crippen LogP contribution in [-0.2, 0) is 0 Å². The normalized spacial score (nSPS) is 12.7. The summed E-state index contributed by atoms with van der Waals surface area (Å²) in [6.45, 7) is 0.756. The molecule has 112 valence electrons. The van der Waals surface area contributed by atoms with Gasteiger partial charge in [-0.15, -0.1) is 11.6 Å². The van der Waals surface area contributed by atoms with Crippen LogP contribution in [0.3, 0.4) is 0 Å². The van der Waals surface area contributed by atoms with Gasteiger partial charge in [-0.1, -0.05) is 6.07 Å². The molecule has 0 saturated carbocycles. The van der Waals surface area contributed by atoms with E-state index in [9.17, 15) is 14.5 Å². The van der Waals surface area contributed by atoms with E-state index in [2.05, 4.69) is 0 Å². The number of nitro groups is 1. The summed E-state index contributed by atoms with van der Waals surface area (Å²) in [4.78, 5) is 11.6. The molecular weight excluding hydrogens is 291 g/mol. The number of halogens is 2. The minimum Gasteiger partial charge on any atom is -0.395 e. The number of aliphatic hydroxyl groups is 2. The van der Waals surface area contributed by atoms with Crippen LogP contribution in [0.15, 0.2) is 18.2 Å². The summed E-state index contributed by atoms with van der Waals surface area (Å²) >= 11 is 6.15. The Morgan fingerprint density at radius 3 is 2.45 bits per heavy atom. The van der Waals surface area contributed by atoms with Crippen molar-refractivity contribution in [2.45, 2.75) is 5.38 Å². The molecule has 1 unspecified atom stereocenters. The predicted octanol–water partition coefficient (Wildman–Crippen LogP) is 1.30. The molecule has 0 bridgehead atoms. The molecule has 6 nitrogen and oxygen atoms in total. The Balaban J connectivity index is 2.83. The molecule has 8 heteroatoms. The first-order valence-corrected chi connectivity index (χ1v) is 6.45. The van der Waals surface area contributed by atoms with Gasteiger partial charge in [0.1, 0.15) is 0 Å². The monoisotopic (exact) mass is 306 g/mol. The number of aliphatic hydroxyl groups excluding tert-OH is 2. The highest BCUT2D eigenvalue weighted by atomic mass is 35.5. The number of nitrogens with zero attached hydrogens (tertiary/aromatic N) is 2. The van der Waals surface area contributed by atoms with Gasteiger partial charge in [0, 0.05) is 25.7 Å². The smallest absolute Gasteiger partial charge is 0.305 e. The first kappa shape index (κ1) is 16.8. The van der Waals surface area contributed by atoms with Crippen molar-refractivity contribution in [3.63, 3.8) is 0 Å². The van der Waals surface area contributed by atoms with Crippen molar-refractivity contribution in [2.75, 3.05) is 32.8 Å². The molecule has 0 amide bonds. The highest BCUT2D eigenvalue weighted by Crippen LogP contribution is 2.27. The van der Waals surface area contributed by atoms with E-state index in [1.54, 1.807) is 4.90 Å². The van der Waals surface area contributed by atoms with E-state index in [1.165, 1.54) is 6.07 Å². The van der Waals surface area contributed by atoms with E-state index in [0.717, 1.165) is 12.1 Å². The molecule has 2 N–H and O–H groups in total. The zero-order chi connectivity index (χ0) is 15.1. The summed E-state index contributed by atoms with van der Waals surface area (Å²) in [6.07, 6.45) is 0. The second-order valence-corrected chi connectivity index (χ2v) is 4.71. The molecule has 0 aliphatic rings. The lowest BCUT2D eigenvalue weighted by molar-refractivity contribution is -0.387. The summed E-state index contributed by atoms with van der Waals surface area (Å²) in [6, 6.07) is 3.49. The Kier molecular flexibility index (Phi) is 6.80. The highest BCUT2D eigenvalue weighted by Gasteiger charge is 2.19. The maximum atomic E-state index is 13.2. The zero-order valence-corrected chi connectivity index (χ0v) is 11.5. The van der Waals surface area contributed by atoms with Gasteiger partial charge in [-0.3, -0.25) is 15.0 Å². The van der Waals surface area contributed by atoms with Gasteiger partial charge in [0.15, 0.2) is 0 Å². The van der Waals surface area contributed by atoms with Crippen molar-refractivity contribution < 1.29 is 19.5 Å². The molecule has 0 heterocycles. The lowest BCUT2D eigenvalue weighted by atomic mass is 10.1.